The molecule has 2 N–H and O–H groups in total. The highest BCUT2D eigenvalue weighted by Gasteiger charge is 2.30. The normalized spacial score (nSPS) is 13.6. The van der Waals surface area contributed by atoms with Crippen LogP contribution in [0.3, 0.4) is 0 Å². The van der Waals surface area contributed by atoms with Crippen LogP contribution in [0, 0.1) is 5.41 Å². The van der Waals surface area contributed by atoms with E-state index in [2.05, 4.69) is 10.3 Å². The van der Waals surface area contributed by atoms with Crippen LogP contribution in [-0.2, 0) is 11.3 Å². The number of halogens is 1. The summed E-state index contributed by atoms with van der Waals surface area (Å²) in [5.74, 6) is -0.857. The molecule has 0 saturated heterocycles. The smallest absolute Gasteiger partial charge is 0.321 e. The molecule has 2 heterocycles. The highest BCUT2D eigenvalue weighted by Crippen LogP contribution is 2.20. The molecule has 0 spiro atoms. The zero-order valence-electron chi connectivity index (χ0n) is 11.7. The Hall–Kier alpha value is -1.59. The van der Waals surface area contributed by atoms with Gasteiger partial charge in [0.2, 0.25) is 0 Å². The van der Waals surface area contributed by atoms with E-state index in [1.165, 1.54) is 0 Å². The van der Waals surface area contributed by atoms with Crippen LogP contribution in [0.5, 0.6) is 0 Å². The fourth-order valence-electron chi connectivity index (χ4n) is 2.11. The third kappa shape index (κ3) is 3.11. The lowest BCUT2D eigenvalue weighted by Gasteiger charge is -2.27. The number of hydrogen-bond donors (Lipinski definition) is 2. The highest BCUT2D eigenvalue weighted by atomic mass is 35.5. The van der Waals surface area contributed by atoms with Gasteiger partial charge in [-0.25, -0.2) is 4.98 Å². The lowest BCUT2D eigenvalue weighted by Crippen LogP contribution is -2.46. The maximum absolute atomic E-state index is 11.3. The Kier molecular flexibility index (Phi) is 4.01. The van der Waals surface area contributed by atoms with E-state index < -0.39 is 12.0 Å². The summed E-state index contributed by atoms with van der Waals surface area (Å²) < 4.78 is 1.86. The number of aliphatic carboxylic acids is 1. The number of pyridine rings is 1. The van der Waals surface area contributed by atoms with Gasteiger partial charge in [-0.05, 0) is 17.5 Å². The molecule has 0 aliphatic carbocycles. The fourth-order valence-corrected chi connectivity index (χ4v) is 2.27. The second-order valence-electron chi connectivity index (χ2n) is 5.84. The van der Waals surface area contributed by atoms with Crippen molar-refractivity contribution in [3.8, 4) is 0 Å². The van der Waals surface area contributed by atoms with E-state index in [-0.39, 0.29) is 5.41 Å². The van der Waals surface area contributed by atoms with Crippen LogP contribution in [0.15, 0.2) is 24.5 Å². The fraction of sp³-hybridized carbons (Fsp3) is 0.429. The molecule has 20 heavy (non-hydrogen) atoms. The molecule has 0 bridgehead atoms. The topological polar surface area (TPSA) is 66.6 Å². The second kappa shape index (κ2) is 5.42. The Morgan fingerprint density at radius 3 is 2.80 bits per heavy atom. The van der Waals surface area contributed by atoms with Gasteiger partial charge >= 0.3 is 5.97 Å². The minimum absolute atomic E-state index is 0.371. The van der Waals surface area contributed by atoms with Gasteiger partial charge < -0.3 is 9.51 Å². The summed E-state index contributed by atoms with van der Waals surface area (Å²) in [5, 5.41) is 13.0. The lowest BCUT2D eigenvalue weighted by atomic mass is 9.87. The average Bonchev–Trinajstić information content (AvgIpc) is 2.70. The van der Waals surface area contributed by atoms with E-state index in [0.717, 1.165) is 11.3 Å². The van der Waals surface area contributed by atoms with E-state index in [1.807, 2.05) is 31.2 Å². The molecule has 0 saturated carbocycles. The predicted molar refractivity (Wildman–Crippen MR) is 77.9 cm³/mol. The molecular weight excluding hydrogens is 278 g/mol. The summed E-state index contributed by atoms with van der Waals surface area (Å²) >= 11 is 5.97. The molecule has 0 radical (unpaired) electrons. The van der Waals surface area contributed by atoms with E-state index in [4.69, 9.17) is 11.6 Å². The van der Waals surface area contributed by atoms with Crippen molar-refractivity contribution in [2.75, 3.05) is 0 Å². The third-order valence-corrected chi connectivity index (χ3v) is 3.37. The quantitative estimate of drug-likeness (QED) is 0.910. The molecule has 2 aromatic rings. The second-order valence-corrected chi connectivity index (χ2v) is 6.28. The summed E-state index contributed by atoms with van der Waals surface area (Å²) in [6, 6.07) is 2.97. The summed E-state index contributed by atoms with van der Waals surface area (Å²) in [4.78, 5) is 15.6. The minimum Gasteiger partial charge on any atom is -0.480 e. The molecule has 0 aliphatic rings. The number of hydrogen-bond acceptors (Lipinski definition) is 3. The zero-order valence-corrected chi connectivity index (χ0v) is 12.5. The molecular formula is C14H18ClN3O2. The van der Waals surface area contributed by atoms with Gasteiger partial charge in [-0.2, -0.15) is 0 Å². The van der Waals surface area contributed by atoms with Gasteiger partial charge in [0.25, 0.3) is 0 Å². The summed E-state index contributed by atoms with van der Waals surface area (Å²) in [5.41, 5.74) is 1.29. The van der Waals surface area contributed by atoms with E-state index in [0.29, 0.717) is 11.6 Å². The van der Waals surface area contributed by atoms with Gasteiger partial charge in [-0.3, -0.25) is 10.1 Å². The molecule has 0 aromatic carbocycles. The predicted octanol–water partition coefficient (Wildman–Crippen LogP) is 2.58. The first-order valence-electron chi connectivity index (χ1n) is 6.37. The zero-order chi connectivity index (χ0) is 14.9. The Morgan fingerprint density at radius 1 is 1.50 bits per heavy atom. The van der Waals surface area contributed by atoms with Crippen LogP contribution in [0.1, 0.15) is 26.5 Å². The van der Waals surface area contributed by atoms with Gasteiger partial charge in [-0.15, -0.1) is 0 Å². The monoisotopic (exact) mass is 295 g/mol. The van der Waals surface area contributed by atoms with Gasteiger partial charge in [-0.1, -0.05) is 32.4 Å². The molecule has 2 aromatic heterocycles. The van der Waals surface area contributed by atoms with Crippen LogP contribution in [-0.4, -0.2) is 26.5 Å². The Bertz CT molecular complexity index is 631. The number of rotatable bonds is 4. The van der Waals surface area contributed by atoms with Crippen molar-refractivity contribution in [3.05, 3.63) is 35.2 Å². The molecule has 0 amide bonds. The number of aromatic nitrogens is 2. The molecule has 0 unspecified atom stereocenters. The Morgan fingerprint density at radius 2 is 2.20 bits per heavy atom. The van der Waals surface area contributed by atoms with Gasteiger partial charge in [0.15, 0.2) is 0 Å². The van der Waals surface area contributed by atoms with Crippen molar-refractivity contribution in [1.29, 1.82) is 0 Å². The lowest BCUT2D eigenvalue weighted by molar-refractivity contribution is -0.142. The standard InChI is InChI=1S/C14H18ClN3O2/c1-14(2,3)12(13(19)20)17-7-10-6-16-11-5-4-9(15)8-18(10)11/h4-6,8,12,17H,7H2,1-3H3,(H,19,20)/t12-/m0/s1. The molecule has 0 fully saturated rings. The summed E-state index contributed by atoms with van der Waals surface area (Å²) in [6.07, 6.45) is 3.49. The number of nitrogens with one attached hydrogen (secondary N) is 1. The van der Waals surface area contributed by atoms with Gasteiger partial charge in [0.1, 0.15) is 11.7 Å². The molecule has 5 nitrogen and oxygen atoms in total. The van der Waals surface area contributed by atoms with Crippen molar-refractivity contribution >= 4 is 23.2 Å². The highest BCUT2D eigenvalue weighted by molar-refractivity contribution is 6.30. The van der Waals surface area contributed by atoms with Crippen LogP contribution >= 0.6 is 11.6 Å². The summed E-state index contributed by atoms with van der Waals surface area (Å²) in [6.45, 7) is 6.09. The largest absolute Gasteiger partial charge is 0.480 e. The van der Waals surface area contributed by atoms with Gasteiger partial charge in [0.05, 0.1) is 16.9 Å². The van der Waals surface area contributed by atoms with Crippen molar-refractivity contribution in [3.63, 3.8) is 0 Å². The Balaban J connectivity index is 2.20. The molecule has 108 valence electrons. The SMILES string of the molecule is CC(C)(C)[C@@H](NCc1cnc2ccc(Cl)cn12)C(=O)O. The van der Waals surface area contributed by atoms with Crippen molar-refractivity contribution in [1.82, 2.24) is 14.7 Å². The Labute approximate surface area is 122 Å². The first-order valence-corrected chi connectivity index (χ1v) is 6.74. The molecule has 2 rings (SSSR count). The molecule has 6 heteroatoms. The molecule has 1 atom stereocenters. The molecule has 0 aliphatic heterocycles. The van der Waals surface area contributed by atoms with Crippen molar-refractivity contribution in [2.24, 2.45) is 5.41 Å². The van der Waals surface area contributed by atoms with Crippen LogP contribution in [0.25, 0.3) is 5.65 Å². The van der Waals surface area contributed by atoms with E-state index >= 15 is 0 Å². The maximum Gasteiger partial charge on any atom is 0.321 e. The van der Waals surface area contributed by atoms with Gasteiger partial charge in [0, 0.05) is 12.7 Å². The number of nitrogens with zero attached hydrogens (tertiary/aromatic N) is 2. The first-order chi connectivity index (χ1) is 9.29. The van der Waals surface area contributed by atoms with Crippen LogP contribution in [0.4, 0.5) is 0 Å². The van der Waals surface area contributed by atoms with Crippen LogP contribution < -0.4 is 5.32 Å². The number of carbonyl (C=O) groups is 1. The number of imidazole rings is 1. The number of carboxylic acids is 1. The number of carboxylic acid groups (broad SMARTS) is 1. The average molecular weight is 296 g/mol. The van der Waals surface area contributed by atoms with Crippen LogP contribution in [0.2, 0.25) is 5.02 Å². The van der Waals surface area contributed by atoms with Crippen molar-refractivity contribution < 1.29 is 9.90 Å². The number of fused-ring (bicyclic) bond motifs is 1. The summed E-state index contributed by atoms with van der Waals surface area (Å²) in [7, 11) is 0. The first kappa shape index (κ1) is 14.8. The minimum atomic E-state index is -0.857. The van der Waals surface area contributed by atoms with E-state index in [9.17, 15) is 9.90 Å². The maximum atomic E-state index is 11.3. The third-order valence-electron chi connectivity index (χ3n) is 3.15. The van der Waals surface area contributed by atoms with E-state index in [1.54, 1.807) is 18.5 Å². The van der Waals surface area contributed by atoms with Crippen molar-refractivity contribution in [2.45, 2.75) is 33.4 Å².